The first kappa shape index (κ1) is 16.6. The molecule has 0 heterocycles. The predicted molar refractivity (Wildman–Crippen MR) is 81.9 cm³/mol. The number of amides is 1. The molecule has 0 saturated carbocycles. The Kier molecular flexibility index (Phi) is 7.14. The summed E-state index contributed by atoms with van der Waals surface area (Å²) < 4.78 is 0. The number of hydrogen-bond donors (Lipinski definition) is 2. The standard InChI is InChI=1S/C16H20ClNO2/c1-3-6-12(2)18-16(20)14-9-8-13(15(17)11-14)7-4-5-10-19/h8-9,11-12,19H,3,5-6,10H2,1-2H3,(H,18,20). The molecule has 20 heavy (non-hydrogen) atoms. The number of halogens is 1. The summed E-state index contributed by atoms with van der Waals surface area (Å²) in [6, 6.07) is 5.21. The van der Waals surface area contributed by atoms with Gasteiger partial charge >= 0.3 is 0 Å². The highest BCUT2D eigenvalue weighted by Gasteiger charge is 2.10. The minimum absolute atomic E-state index is 0.0282. The number of aliphatic hydroxyl groups excluding tert-OH is 1. The zero-order valence-electron chi connectivity index (χ0n) is 11.9. The molecule has 1 rings (SSSR count). The van der Waals surface area contributed by atoms with E-state index < -0.39 is 0 Å². The average molecular weight is 294 g/mol. The summed E-state index contributed by atoms with van der Waals surface area (Å²) in [6.45, 7) is 4.09. The molecule has 1 aromatic rings. The fourth-order valence-corrected chi connectivity index (χ4v) is 2.01. The molecule has 1 amide bonds. The summed E-state index contributed by atoms with van der Waals surface area (Å²) in [4.78, 5) is 12.0. The van der Waals surface area contributed by atoms with Crippen LogP contribution < -0.4 is 5.32 Å². The van der Waals surface area contributed by atoms with Gasteiger partial charge in [0, 0.05) is 23.6 Å². The monoisotopic (exact) mass is 293 g/mol. The van der Waals surface area contributed by atoms with E-state index in [-0.39, 0.29) is 18.6 Å². The lowest BCUT2D eigenvalue weighted by Crippen LogP contribution is -2.32. The van der Waals surface area contributed by atoms with Crippen molar-refractivity contribution in [2.45, 2.75) is 39.2 Å². The van der Waals surface area contributed by atoms with Crippen LogP contribution in [0.2, 0.25) is 5.02 Å². The van der Waals surface area contributed by atoms with Gasteiger partial charge in [0.2, 0.25) is 0 Å². The summed E-state index contributed by atoms with van der Waals surface area (Å²) in [5.74, 6) is 5.55. The van der Waals surface area contributed by atoms with Crippen LogP contribution in [0.5, 0.6) is 0 Å². The van der Waals surface area contributed by atoms with Crippen LogP contribution in [0, 0.1) is 11.8 Å². The number of rotatable bonds is 5. The summed E-state index contributed by atoms with van der Waals surface area (Å²) in [7, 11) is 0. The van der Waals surface area contributed by atoms with Crippen molar-refractivity contribution in [3.05, 3.63) is 34.3 Å². The normalized spacial score (nSPS) is 11.4. The Morgan fingerprint density at radius 2 is 2.25 bits per heavy atom. The Bertz CT molecular complexity index is 517. The van der Waals surface area contributed by atoms with Crippen molar-refractivity contribution in [2.24, 2.45) is 0 Å². The number of hydrogen-bond acceptors (Lipinski definition) is 2. The number of nitrogens with one attached hydrogen (secondary N) is 1. The van der Waals surface area contributed by atoms with Crippen molar-refractivity contribution in [3.8, 4) is 11.8 Å². The topological polar surface area (TPSA) is 49.3 Å². The molecule has 0 aliphatic rings. The van der Waals surface area contributed by atoms with Gasteiger partial charge in [0.05, 0.1) is 11.6 Å². The molecule has 1 aromatic carbocycles. The van der Waals surface area contributed by atoms with Crippen molar-refractivity contribution in [2.75, 3.05) is 6.61 Å². The number of benzene rings is 1. The molecule has 0 saturated heterocycles. The van der Waals surface area contributed by atoms with E-state index >= 15 is 0 Å². The maximum atomic E-state index is 12.0. The van der Waals surface area contributed by atoms with Crippen LogP contribution in [-0.2, 0) is 0 Å². The molecule has 0 bridgehead atoms. The van der Waals surface area contributed by atoms with E-state index in [0.717, 1.165) is 12.8 Å². The third-order valence-electron chi connectivity index (χ3n) is 2.79. The zero-order valence-corrected chi connectivity index (χ0v) is 12.6. The molecule has 3 nitrogen and oxygen atoms in total. The van der Waals surface area contributed by atoms with Gasteiger partial charge in [-0.1, -0.05) is 36.8 Å². The second kappa shape index (κ2) is 8.63. The second-order valence-corrected chi connectivity index (χ2v) is 5.04. The van der Waals surface area contributed by atoms with Crippen molar-refractivity contribution in [1.82, 2.24) is 5.32 Å². The molecule has 0 fully saturated rings. The SMILES string of the molecule is CCCC(C)NC(=O)c1ccc(C#CCCO)c(Cl)c1. The molecule has 0 aromatic heterocycles. The largest absolute Gasteiger partial charge is 0.395 e. The fraction of sp³-hybridized carbons (Fsp3) is 0.438. The summed E-state index contributed by atoms with van der Waals surface area (Å²) in [5, 5.41) is 12.0. The molecular weight excluding hydrogens is 274 g/mol. The van der Waals surface area contributed by atoms with Crippen molar-refractivity contribution >= 4 is 17.5 Å². The third-order valence-corrected chi connectivity index (χ3v) is 3.10. The maximum Gasteiger partial charge on any atom is 0.251 e. The van der Waals surface area contributed by atoms with Gasteiger partial charge in [-0.05, 0) is 31.5 Å². The summed E-state index contributed by atoms with van der Waals surface area (Å²) >= 11 is 6.11. The highest BCUT2D eigenvalue weighted by molar-refractivity contribution is 6.32. The summed E-state index contributed by atoms with van der Waals surface area (Å²) in [6.07, 6.45) is 2.39. The first-order valence-electron chi connectivity index (χ1n) is 6.78. The fourth-order valence-electron chi connectivity index (χ4n) is 1.78. The smallest absolute Gasteiger partial charge is 0.251 e. The van der Waals surface area contributed by atoms with Crippen LogP contribution in [0.15, 0.2) is 18.2 Å². The van der Waals surface area contributed by atoms with Crippen LogP contribution in [0.1, 0.15) is 49.0 Å². The lowest BCUT2D eigenvalue weighted by Gasteiger charge is -2.13. The van der Waals surface area contributed by atoms with Crippen LogP contribution in [-0.4, -0.2) is 23.7 Å². The molecular formula is C16H20ClNO2. The quantitative estimate of drug-likeness (QED) is 0.820. The molecule has 108 valence electrons. The minimum atomic E-state index is -0.122. The van der Waals surface area contributed by atoms with Gasteiger partial charge < -0.3 is 10.4 Å². The van der Waals surface area contributed by atoms with Gasteiger partial charge in [-0.15, -0.1) is 0 Å². The van der Waals surface area contributed by atoms with Crippen molar-refractivity contribution < 1.29 is 9.90 Å². The Morgan fingerprint density at radius 1 is 1.50 bits per heavy atom. The van der Waals surface area contributed by atoms with Crippen LogP contribution >= 0.6 is 11.6 Å². The Morgan fingerprint density at radius 3 is 2.85 bits per heavy atom. The zero-order chi connectivity index (χ0) is 15.0. The lowest BCUT2D eigenvalue weighted by molar-refractivity contribution is 0.0938. The van der Waals surface area contributed by atoms with E-state index in [1.165, 1.54) is 0 Å². The van der Waals surface area contributed by atoms with Gasteiger partial charge in [-0.3, -0.25) is 4.79 Å². The predicted octanol–water partition coefficient (Wildman–Crippen LogP) is 2.99. The van der Waals surface area contributed by atoms with E-state index in [0.29, 0.717) is 22.6 Å². The van der Waals surface area contributed by atoms with E-state index in [1.807, 2.05) is 6.92 Å². The first-order chi connectivity index (χ1) is 9.58. The first-order valence-corrected chi connectivity index (χ1v) is 7.16. The molecule has 0 spiro atoms. The van der Waals surface area contributed by atoms with Crippen LogP contribution in [0.4, 0.5) is 0 Å². The van der Waals surface area contributed by atoms with Gasteiger partial charge in [-0.25, -0.2) is 0 Å². The Balaban J connectivity index is 2.77. The third kappa shape index (κ3) is 5.24. The second-order valence-electron chi connectivity index (χ2n) is 4.63. The van der Waals surface area contributed by atoms with Gasteiger partial charge in [-0.2, -0.15) is 0 Å². The van der Waals surface area contributed by atoms with Crippen LogP contribution in [0.3, 0.4) is 0 Å². The van der Waals surface area contributed by atoms with Gasteiger partial charge in [0.15, 0.2) is 0 Å². The van der Waals surface area contributed by atoms with Gasteiger partial charge in [0.25, 0.3) is 5.91 Å². The molecule has 0 aliphatic carbocycles. The molecule has 0 aliphatic heterocycles. The molecule has 2 N–H and O–H groups in total. The Hall–Kier alpha value is -1.50. The molecule has 4 heteroatoms. The van der Waals surface area contributed by atoms with Crippen molar-refractivity contribution in [1.29, 1.82) is 0 Å². The Labute approximate surface area is 125 Å². The molecule has 0 radical (unpaired) electrons. The van der Waals surface area contributed by atoms with E-state index in [1.54, 1.807) is 18.2 Å². The number of carbonyl (C=O) groups is 1. The van der Waals surface area contributed by atoms with Gasteiger partial charge in [0.1, 0.15) is 0 Å². The highest BCUT2D eigenvalue weighted by atomic mass is 35.5. The van der Waals surface area contributed by atoms with Crippen LogP contribution in [0.25, 0.3) is 0 Å². The average Bonchev–Trinajstić information content (AvgIpc) is 2.41. The molecule has 1 atom stereocenters. The number of carbonyl (C=O) groups excluding carboxylic acids is 1. The van der Waals surface area contributed by atoms with E-state index in [2.05, 4.69) is 24.1 Å². The van der Waals surface area contributed by atoms with E-state index in [4.69, 9.17) is 16.7 Å². The highest BCUT2D eigenvalue weighted by Crippen LogP contribution is 2.17. The van der Waals surface area contributed by atoms with E-state index in [9.17, 15) is 4.79 Å². The minimum Gasteiger partial charge on any atom is -0.395 e. The maximum absolute atomic E-state index is 12.0. The number of aliphatic hydroxyl groups is 1. The van der Waals surface area contributed by atoms with Crippen molar-refractivity contribution in [3.63, 3.8) is 0 Å². The molecule has 1 unspecified atom stereocenters. The lowest BCUT2D eigenvalue weighted by atomic mass is 10.1. The summed E-state index contributed by atoms with van der Waals surface area (Å²) in [5.41, 5.74) is 1.20.